The van der Waals surface area contributed by atoms with Crippen LogP contribution < -0.4 is 0 Å². The normalized spacial score (nSPS) is 23.6. The molecule has 0 N–H and O–H groups in total. The summed E-state index contributed by atoms with van der Waals surface area (Å²) in [5, 5.41) is 0. The van der Waals surface area contributed by atoms with Crippen molar-refractivity contribution >= 4 is 0 Å². The first kappa shape index (κ1) is 29.7. The average Bonchev–Trinajstić information content (AvgIpc) is 3.35. The Morgan fingerprint density at radius 3 is 1.27 bits per heavy atom. The van der Waals surface area contributed by atoms with Gasteiger partial charge in [0.05, 0.1) is 6.61 Å². The number of halogens is 17. The molecule has 0 radical (unpaired) electrons. The third-order valence-electron chi connectivity index (χ3n) is 3.46. The maximum Gasteiger partial charge on any atom is 0.458 e. The number of hydrogen-bond acceptors (Lipinski definition) is 4. The van der Waals surface area contributed by atoms with Gasteiger partial charge in [0.1, 0.15) is 0 Å². The van der Waals surface area contributed by atoms with E-state index < -0.39 is 74.3 Å². The molecule has 0 amide bonds. The zero-order valence-electron chi connectivity index (χ0n) is 14.9. The molecule has 4 unspecified atom stereocenters. The van der Waals surface area contributed by atoms with Crippen molar-refractivity contribution in [3.05, 3.63) is 0 Å². The Bertz CT molecular complexity index is 699. The van der Waals surface area contributed by atoms with Crippen LogP contribution in [0.15, 0.2) is 0 Å². The van der Waals surface area contributed by atoms with Crippen LogP contribution in [-0.2, 0) is 18.9 Å². The molecule has 0 aromatic heterocycles. The molecular formula is C12H7F17O4. The van der Waals surface area contributed by atoms with Crippen molar-refractivity contribution < 1.29 is 93.6 Å². The van der Waals surface area contributed by atoms with E-state index in [0.29, 0.717) is 0 Å². The third kappa shape index (κ3) is 5.50. The van der Waals surface area contributed by atoms with Crippen LogP contribution in [0.4, 0.5) is 74.6 Å². The van der Waals surface area contributed by atoms with Crippen LogP contribution in [0.5, 0.6) is 0 Å². The van der Waals surface area contributed by atoms with Crippen molar-refractivity contribution in [1.82, 2.24) is 0 Å². The zero-order chi connectivity index (χ0) is 26.7. The van der Waals surface area contributed by atoms with Gasteiger partial charge in [-0.2, -0.15) is 70.2 Å². The quantitative estimate of drug-likeness (QED) is 0.268. The molecule has 198 valence electrons. The second-order valence-electron chi connectivity index (χ2n) is 6.09. The highest BCUT2D eigenvalue weighted by Gasteiger charge is 2.85. The van der Waals surface area contributed by atoms with E-state index in [-0.39, 0.29) is 0 Å². The average molecular weight is 538 g/mol. The molecule has 1 saturated heterocycles. The summed E-state index contributed by atoms with van der Waals surface area (Å²) in [6.07, 6.45) is -49.5. The Kier molecular flexibility index (Phi) is 7.29. The van der Waals surface area contributed by atoms with E-state index in [1.54, 1.807) is 4.74 Å². The molecule has 1 heterocycles. The topological polar surface area (TPSA) is 40.2 Å². The third-order valence-corrected chi connectivity index (χ3v) is 3.46. The second-order valence-corrected chi connectivity index (χ2v) is 6.09. The van der Waals surface area contributed by atoms with Crippen LogP contribution in [-0.4, -0.2) is 67.4 Å². The lowest BCUT2D eigenvalue weighted by Crippen LogP contribution is -2.69. The highest BCUT2D eigenvalue weighted by Crippen LogP contribution is 2.57. The minimum Gasteiger partial charge on any atom is -0.364 e. The maximum atomic E-state index is 14.0. The molecule has 0 aromatic rings. The summed E-state index contributed by atoms with van der Waals surface area (Å²) in [5.41, 5.74) is 0. The van der Waals surface area contributed by atoms with E-state index >= 15 is 0 Å². The lowest BCUT2D eigenvalue weighted by atomic mass is 10.2. The van der Waals surface area contributed by atoms with E-state index in [9.17, 15) is 74.6 Å². The molecule has 4 nitrogen and oxygen atoms in total. The Labute approximate surface area is 169 Å². The first-order chi connectivity index (χ1) is 14.2. The lowest BCUT2D eigenvalue weighted by molar-refractivity contribution is -0.570. The van der Waals surface area contributed by atoms with E-state index in [2.05, 4.69) is 9.47 Å². The van der Waals surface area contributed by atoms with Crippen molar-refractivity contribution in [3.8, 4) is 0 Å². The molecule has 0 aliphatic carbocycles. The lowest BCUT2D eigenvalue weighted by Gasteiger charge is -2.41. The zero-order valence-corrected chi connectivity index (χ0v) is 14.9. The molecular weight excluding hydrogens is 531 g/mol. The molecule has 1 rings (SSSR count). The number of alkyl halides is 17. The van der Waals surface area contributed by atoms with Crippen molar-refractivity contribution in [1.29, 1.82) is 0 Å². The summed E-state index contributed by atoms with van der Waals surface area (Å²) in [6, 6.07) is 0. The summed E-state index contributed by atoms with van der Waals surface area (Å²) in [6.45, 7) is -1.65. The van der Waals surface area contributed by atoms with Gasteiger partial charge < -0.3 is 4.74 Å². The fourth-order valence-corrected chi connectivity index (χ4v) is 1.62. The Morgan fingerprint density at radius 1 is 0.636 bits per heavy atom. The van der Waals surface area contributed by atoms with Crippen LogP contribution in [0.25, 0.3) is 0 Å². The molecule has 33 heavy (non-hydrogen) atoms. The van der Waals surface area contributed by atoms with Gasteiger partial charge in [-0.3, -0.25) is 9.47 Å². The summed E-state index contributed by atoms with van der Waals surface area (Å²) in [4.78, 5) is 0. The largest absolute Gasteiger partial charge is 0.458 e. The molecule has 0 saturated carbocycles. The number of rotatable bonds is 10. The van der Waals surface area contributed by atoms with Gasteiger partial charge in [-0.05, 0) is 6.92 Å². The van der Waals surface area contributed by atoms with Crippen LogP contribution in [0.1, 0.15) is 6.92 Å². The van der Waals surface area contributed by atoms with Gasteiger partial charge in [0.25, 0.3) is 0 Å². The van der Waals surface area contributed by atoms with Crippen molar-refractivity contribution in [2.75, 3.05) is 6.61 Å². The van der Waals surface area contributed by atoms with Crippen LogP contribution in [0.3, 0.4) is 0 Å². The molecule has 0 aromatic carbocycles. The highest BCUT2D eigenvalue weighted by atomic mass is 19.4. The van der Waals surface area contributed by atoms with Gasteiger partial charge in [-0.15, -0.1) is 0 Å². The molecule has 0 spiro atoms. The summed E-state index contributed by atoms with van der Waals surface area (Å²) in [5.74, 6) is -15.4. The SMILES string of the molecule is CC(F)C(F)(F)OC(F)(C(F)(F)F)C(F)(F)OC(F)(C(F)(F)F)C(F)(F)OC(F)(F)C1CO1. The van der Waals surface area contributed by atoms with Gasteiger partial charge >= 0.3 is 48.5 Å². The van der Waals surface area contributed by atoms with E-state index in [1.165, 1.54) is 0 Å². The van der Waals surface area contributed by atoms with Crippen molar-refractivity contribution in [2.45, 2.75) is 67.7 Å². The summed E-state index contributed by atoms with van der Waals surface area (Å²) < 4.78 is 233. The Morgan fingerprint density at radius 2 is 0.970 bits per heavy atom. The summed E-state index contributed by atoms with van der Waals surface area (Å²) >= 11 is 0. The molecule has 1 fully saturated rings. The summed E-state index contributed by atoms with van der Waals surface area (Å²) in [7, 11) is 0. The van der Waals surface area contributed by atoms with Crippen LogP contribution in [0.2, 0.25) is 0 Å². The fraction of sp³-hybridized carbons (Fsp3) is 1.00. The van der Waals surface area contributed by atoms with Crippen molar-refractivity contribution in [3.63, 3.8) is 0 Å². The number of epoxide rings is 1. The van der Waals surface area contributed by atoms with Gasteiger partial charge in [-0.25, -0.2) is 9.13 Å². The van der Waals surface area contributed by atoms with E-state index in [4.69, 9.17) is 0 Å². The smallest absolute Gasteiger partial charge is 0.364 e. The highest BCUT2D eigenvalue weighted by molar-refractivity contribution is 4.96. The first-order valence-electron chi connectivity index (χ1n) is 7.55. The Balaban J connectivity index is 3.56. The standard InChI is InChI=1S/C12H7F17O4/c1-3(13)5(14,15)31-7(18,9(20,21)22)12(28,29)33-8(19,10(23,24)25)11(26,27)32-6(16,17)4-2-30-4/h3-4H,2H2,1H3. The number of hydrogen-bond donors (Lipinski definition) is 0. The van der Waals surface area contributed by atoms with E-state index in [0.717, 1.165) is 0 Å². The molecule has 0 bridgehead atoms. The molecule has 1 aliphatic rings. The predicted molar refractivity (Wildman–Crippen MR) is 63.1 cm³/mol. The first-order valence-corrected chi connectivity index (χ1v) is 7.55. The van der Waals surface area contributed by atoms with Crippen LogP contribution >= 0.6 is 0 Å². The molecule has 1 aliphatic heterocycles. The van der Waals surface area contributed by atoms with E-state index in [1.807, 2.05) is 4.74 Å². The number of ether oxygens (including phenoxy) is 4. The Hall–Kier alpha value is -1.35. The fourth-order valence-electron chi connectivity index (χ4n) is 1.62. The van der Waals surface area contributed by atoms with Gasteiger partial charge in [0, 0.05) is 0 Å². The van der Waals surface area contributed by atoms with Crippen molar-refractivity contribution in [2.24, 2.45) is 0 Å². The minimum atomic E-state index is -7.88. The second kappa shape index (κ2) is 8.11. The van der Waals surface area contributed by atoms with Gasteiger partial charge in [0.2, 0.25) is 0 Å². The maximum absolute atomic E-state index is 14.0. The van der Waals surface area contributed by atoms with Gasteiger partial charge in [-0.1, -0.05) is 0 Å². The van der Waals surface area contributed by atoms with Gasteiger partial charge in [0.15, 0.2) is 12.3 Å². The molecule has 21 heteroatoms. The molecule has 4 atom stereocenters. The monoisotopic (exact) mass is 538 g/mol. The van der Waals surface area contributed by atoms with Crippen LogP contribution in [0, 0.1) is 0 Å². The predicted octanol–water partition coefficient (Wildman–Crippen LogP) is 5.62. The minimum absolute atomic E-state index is 0.436.